The second-order valence-corrected chi connectivity index (χ2v) is 11.6. The minimum atomic E-state index is 0.232. The number of hydrogen-bond acceptors (Lipinski definition) is 4. The molecule has 6 aromatic carbocycles. The molecule has 228 valence electrons. The molecular formula is C43H34N2O2. The number of phenols is 2. The molecule has 0 amide bonds. The molecule has 0 aliphatic carbocycles. The highest BCUT2D eigenvalue weighted by Crippen LogP contribution is 2.44. The molecule has 1 aromatic heterocycles. The van der Waals surface area contributed by atoms with E-state index >= 15 is 0 Å². The molecule has 0 radical (unpaired) electrons. The van der Waals surface area contributed by atoms with Gasteiger partial charge in [-0.3, -0.25) is 4.98 Å². The van der Waals surface area contributed by atoms with Crippen molar-refractivity contribution in [1.82, 2.24) is 9.97 Å². The monoisotopic (exact) mass is 610 g/mol. The highest BCUT2D eigenvalue weighted by molar-refractivity contribution is 5.89. The van der Waals surface area contributed by atoms with Crippen molar-refractivity contribution in [3.05, 3.63) is 157 Å². The summed E-state index contributed by atoms with van der Waals surface area (Å²) < 4.78 is 0. The van der Waals surface area contributed by atoms with E-state index in [4.69, 9.17) is 9.97 Å². The Morgan fingerprint density at radius 2 is 0.830 bits per heavy atom. The summed E-state index contributed by atoms with van der Waals surface area (Å²) in [5, 5.41) is 23.0. The average molecular weight is 611 g/mol. The van der Waals surface area contributed by atoms with Crippen molar-refractivity contribution >= 4 is 0 Å². The summed E-state index contributed by atoms with van der Waals surface area (Å²) >= 11 is 0. The Morgan fingerprint density at radius 1 is 0.468 bits per heavy atom. The van der Waals surface area contributed by atoms with Gasteiger partial charge in [-0.05, 0) is 52.9 Å². The molecular weight excluding hydrogens is 576 g/mol. The van der Waals surface area contributed by atoms with Gasteiger partial charge in [0.1, 0.15) is 11.5 Å². The van der Waals surface area contributed by atoms with Gasteiger partial charge in [0.05, 0.1) is 23.3 Å². The van der Waals surface area contributed by atoms with Gasteiger partial charge in [-0.1, -0.05) is 135 Å². The summed E-state index contributed by atoms with van der Waals surface area (Å²) in [7, 11) is 0. The smallest absolute Gasteiger partial charge is 0.131 e. The molecule has 7 rings (SSSR count). The standard InChI is InChI=1S/C43H34N2O2/c1-2-15-39-41(34-26-37(31-20-11-5-12-21-31)43(47)38(27-34)32-22-13-6-14-23-32)44-28-40(45-39)33-24-35(29-16-7-3-8-17-29)42(46)36(25-33)30-18-9-4-10-19-30/h3-14,16-28,46-47H,2,15H2,1H3. The third-order valence-electron chi connectivity index (χ3n) is 8.46. The van der Waals surface area contributed by atoms with Crippen molar-refractivity contribution in [1.29, 1.82) is 0 Å². The summed E-state index contributed by atoms with van der Waals surface area (Å²) in [4.78, 5) is 10.3. The number of phenolic OH excluding ortho intramolecular Hbond substituents is 2. The zero-order valence-corrected chi connectivity index (χ0v) is 26.1. The highest BCUT2D eigenvalue weighted by atomic mass is 16.3. The molecule has 0 saturated carbocycles. The van der Waals surface area contributed by atoms with Crippen LogP contribution in [0, 0.1) is 0 Å². The predicted molar refractivity (Wildman–Crippen MR) is 192 cm³/mol. The third kappa shape index (κ3) is 6.01. The van der Waals surface area contributed by atoms with Crippen molar-refractivity contribution in [3.63, 3.8) is 0 Å². The lowest BCUT2D eigenvalue weighted by atomic mass is 9.92. The number of aromatic nitrogens is 2. The van der Waals surface area contributed by atoms with Crippen LogP contribution in [0.4, 0.5) is 0 Å². The molecule has 7 aromatic rings. The maximum absolute atomic E-state index is 11.5. The zero-order valence-electron chi connectivity index (χ0n) is 26.1. The minimum Gasteiger partial charge on any atom is -0.507 e. The van der Waals surface area contributed by atoms with E-state index in [2.05, 4.69) is 6.92 Å². The van der Waals surface area contributed by atoms with Crippen molar-refractivity contribution in [2.45, 2.75) is 19.8 Å². The fraction of sp³-hybridized carbons (Fsp3) is 0.0698. The summed E-state index contributed by atoms with van der Waals surface area (Å²) in [6, 6.07) is 47.8. The third-order valence-corrected chi connectivity index (χ3v) is 8.46. The molecule has 2 N–H and O–H groups in total. The number of benzene rings is 6. The topological polar surface area (TPSA) is 66.2 Å². The first-order chi connectivity index (χ1) is 23.1. The van der Waals surface area contributed by atoms with Crippen molar-refractivity contribution in [3.8, 4) is 78.5 Å². The highest BCUT2D eigenvalue weighted by Gasteiger charge is 2.20. The van der Waals surface area contributed by atoms with Crippen LogP contribution in [0.25, 0.3) is 67.0 Å². The zero-order chi connectivity index (χ0) is 32.2. The van der Waals surface area contributed by atoms with Gasteiger partial charge in [0.15, 0.2) is 0 Å². The molecule has 0 saturated heterocycles. The molecule has 0 spiro atoms. The van der Waals surface area contributed by atoms with Crippen LogP contribution in [0.1, 0.15) is 19.0 Å². The van der Waals surface area contributed by atoms with Crippen LogP contribution in [-0.4, -0.2) is 20.2 Å². The fourth-order valence-corrected chi connectivity index (χ4v) is 6.12. The molecule has 4 heteroatoms. The Labute approximate surface area is 275 Å². The first-order valence-electron chi connectivity index (χ1n) is 15.9. The van der Waals surface area contributed by atoms with Gasteiger partial charge in [-0.15, -0.1) is 0 Å². The largest absolute Gasteiger partial charge is 0.507 e. The van der Waals surface area contributed by atoms with Crippen LogP contribution in [0.5, 0.6) is 11.5 Å². The van der Waals surface area contributed by atoms with E-state index in [1.807, 2.05) is 152 Å². The van der Waals surface area contributed by atoms with E-state index in [1.165, 1.54) is 0 Å². The lowest BCUT2D eigenvalue weighted by Gasteiger charge is -2.17. The number of aryl methyl sites for hydroxylation is 1. The van der Waals surface area contributed by atoms with E-state index in [0.29, 0.717) is 0 Å². The van der Waals surface area contributed by atoms with Gasteiger partial charge in [0.25, 0.3) is 0 Å². The summed E-state index contributed by atoms with van der Waals surface area (Å²) in [5.41, 5.74) is 10.8. The summed E-state index contributed by atoms with van der Waals surface area (Å²) in [5.74, 6) is 0.467. The molecule has 47 heavy (non-hydrogen) atoms. The van der Waals surface area contributed by atoms with Gasteiger partial charge in [0, 0.05) is 33.4 Å². The number of aromatic hydroxyl groups is 2. The maximum Gasteiger partial charge on any atom is 0.131 e. The van der Waals surface area contributed by atoms with Crippen LogP contribution < -0.4 is 0 Å². The Morgan fingerprint density at radius 3 is 1.19 bits per heavy atom. The van der Waals surface area contributed by atoms with Crippen molar-refractivity contribution in [2.75, 3.05) is 0 Å². The van der Waals surface area contributed by atoms with Gasteiger partial charge in [0.2, 0.25) is 0 Å². The van der Waals surface area contributed by atoms with Crippen LogP contribution in [0.2, 0.25) is 0 Å². The van der Waals surface area contributed by atoms with Crippen LogP contribution in [-0.2, 0) is 6.42 Å². The van der Waals surface area contributed by atoms with Crippen molar-refractivity contribution in [2.24, 2.45) is 0 Å². The van der Waals surface area contributed by atoms with Crippen LogP contribution >= 0.6 is 0 Å². The molecule has 1 heterocycles. The number of nitrogens with zero attached hydrogens (tertiary/aromatic N) is 2. The Kier molecular flexibility index (Phi) is 8.31. The molecule has 0 atom stereocenters. The quantitative estimate of drug-likeness (QED) is 0.180. The van der Waals surface area contributed by atoms with Crippen molar-refractivity contribution < 1.29 is 10.2 Å². The van der Waals surface area contributed by atoms with E-state index in [-0.39, 0.29) is 11.5 Å². The van der Waals surface area contributed by atoms with Gasteiger partial charge >= 0.3 is 0 Å². The first-order valence-corrected chi connectivity index (χ1v) is 15.9. The Hall–Kier alpha value is -6.00. The lowest BCUT2D eigenvalue weighted by molar-refractivity contribution is 0.479. The van der Waals surface area contributed by atoms with Crippen LogP contribution in [0.3, 0.4) is 0 Å². The molecule has 0 fully saturated rings. The maximum atomic E-state index is 11.5. The van der Waals surface area contributed by atoms with Gasteiger partial charge < -0.3 is 10.2 Å². The first kappa shape index (κ1) is 29.7. The number of hydrogen-bond donors (Lipinski definition) is 2. The minimum absolute atomic E-state index is 0.232. The normalized spacial score (nSPS) is 11.0. The summed E-state index contributed by atoms with van der Waals surface area (Å²) in [6.45, 7) is 2.14. The summed E-state index contributed by atoms with van der Waals surface area (Å²) in [6.07, 6.45) is 3.44. The Balaban J connectivity index is 1.41. The van der Waals surface area contributed by atoms with E-state index < -0.39 is 0 Å². The van der Waals surface area contributed by atoms with Gasteiger partial charge in [-0.25, -0.2) is 4.98 Å². The number of rotatable bonds is 8. The average Bonchev–Trinajstić information content (AvgIpc) is 3.13. The lowest BCUT2D eigenvalue weighted by Crippen LogP contribution is -2.01. The van der Waals surface area contributed by atoms with E-state index in [1.54, 1.807) is 0 Å². The SMILES string of the molecule is CCCc1nc(-c2cc(-c3ccccc3)c(O)c(-c3ccccc3)c2)cnc1-c1cc(-c2ccccc2)c(O)c(-c2ccccc2)c1. The molecule has 0 aliphatic rings. The molecule has 0 bridgehead atoms. The second-order valence-electron chi connectivity index (χ2n) is 11.6. The molecule has 0 aliphatic heterocycles. The predicted octanol–water partition coefficient (Wildman–Crippen LogP) is 10.8. The second kappa shape index (κ2) is 13.2. The van der Waals surface area contributed by atoms with Crippen LogP contribution in [0.15, 0.2) is 152 Å². The van der Waals surface area contributed by atoms with E-state index in [9.17, 15) is 10.2 Å². The van der Waals surface area contributed by atoms with E-state index in [0.717, 1.165) is 85.6 Å². The molecule has 0 unspecified atom stereocenters. The van der Waals surface area contributed by atoms with Gasteiger partial charge in [-0.2, -0.15) is 0 Å². The Bertz CT molecular complexity index is 2030. The fourth-order valence-electron chi connectivity index (χ4n) is 6.12. The molecule has 4 nitrogen and oxygen atoms in total.